The number of epoxide rings is 1. The first kappa shape index (κ1) is 15.5. The molecule has 6 atom stereocenters. The Kier molecular flexibility index (Phi) is 4.06. The Morgan fingerprint density at radius 3 is 2.44 bits per heavy atom. The summed E-state index contributed by atoms with van der Waals surface area (Å²) in [5.74, 6) is 0.337. The zero-order valence-electron chi connectivity index (χ0n) is 14.0. The third kappa shape index (κ3) is 3.11. The fourth-order valence-corrected chi connectivity index (χ4v) is 4.01. The zero-order chi connectivity index (χ0) is 16.6. The first-order chi connectivity index (χ1) is 12.4. The summed E-state index contributed by atoms with van der Waals surface area (Å²) in [5, 5.41) is 0. The minimum Gasteiger partial charge on any atom is -0.368 e. The highest BCUT2D eigenvalue weighted by Crippen LogP contribution is 2.46. The molecule has 2 aliphatic heterocycles. The molecule has 1 saturated carbocycles. The summed E-state index contributed by atoms with van der Waals surface area (Å²) in [5.41, 5.74) is 2.23. The Bertz CT molecular complexity index is 704. The molecule has 3 fully saturated rings. The third-order valence-electron chi connectivity index (χ3n) is 5.37. The molecule has 0 radical (unpaired) electrons. The molecule has 2 heterocycles. The van der Waals surface area contributed by atoms with Gasteiger partial charge in [0.05, 0.1) is 25.4 Å². The Hall–Kier alpha value is -1.72. The van der Waals surface area contributed by atoms with Gasteiger partial charge in [0, 0.05) is 11.5 Å². The van der Waals surface area contributed by atoms with Gasteiger partial charge in [-0.1, -0.05) is 60.7 Å². The maximum atomic E-state index is 6.35. The minimum atomic E-state index is -0.319. The molecule has 0 amide bonds. The second-order valence-corrected chi connectivity index (χ2v) is 7.07. The van der Waals surface area contributed by atoms with Gasteiger partial charge in [0.25, 0.3) is 0 Å². The number of benzene rings is 2. The highest BCUT2D eigenvalue weighted by Gasteiger charge is 2.58. The van der Waals surface area contributed by atoms with E-state index in [-0.39, 0.29) is 24.6 Å². The summed E-state index contributed by atoms with van der Waals surface area (Å²) in [6.07, 6.45) is 1.15. The SMILES string of the molecule is c1ccc(CO[C@H]2[C@@H]3O[C@H](c4ccccc4)OC[C@H]3C[C@H]3O[C@@H]23)cc1. The molecule has 4 nitrogen and oxygen atoms in total. The minimum absolute atomic E-state index is 0.0198. The van der Waals surface area contributed by atoms with Gasteiger partial charge in [-0.15, -0.1) is 0 Å². The molecular weight excluding hydrogens is 316 g/mol. The predicted molar refractivity (Wildman–Crippen MR) is 91.8 cm³/mol. The lowest BCUT2D eigenvalue weighted by molar-refractivity contribution is -0.273. The van der Waals surface area contributed by atoms with Crippen molar-refractivity contribution in [1.82, 2.24) is 0 Å². The Labute approximate surface area is 147 Å². The molecule has 0 aromatic heterocycles. The van der Waals surface area contributed by atoms with Crippen LogP contribution in [0, 0.1) is 5.92 Å². The maximum absolute atomic E-state index is 6.35. The van der Waals surface area contributed by atoms with Crippen molar-refractivity contribution < 1.29 is 18.9 Å². The number of rotatable bonds is 4. The van der Waals surface area contributed by atoms with Gasteiger partial charge < -0.3 is 18.9 Å². The normalized spacial score (nSPS) is 36.3. The maximum Gasteiger partial charge on any atom is 0.184 e. The van der Waals surface area contributed by atoms with Crippen LogP contribution in [0.1, 0.15) is 23.8 Å². The average Bonchev–Trinajstić information content (AvgIpc) is 3.45. The zero-order valence-corrected chi connectivity index (χ0v) is 14.0. The molecule has 1 aliphatic carbocycles. The molecule has 0 bridgehead atoms. The van der Waals surface area contributed by atoms with Crippen LogP contribution >= 0.6 is 0 Å². The lowest BCUT2D eigenvalue weighted by Gasteiger charge is -2.42. The summed E-state index contributed by atoms with van der Waals surface area (Å²) in [4.78, 5) is 0. The summed E-state index contributed by atoms with van der Waals surface area (Å²) >= 11 is 0. The molecule has 2 aromatic rings. The molecule has 2 saturated heterocycles. The van der Waals surface area contributed by atoms with Crippen molar-refractivity contribution in [3.63, 3.8) is 0 Å². The van der Waals surface area contributed by atoms with E-state index >= 15 is 0 Å². The molecule has 0 spiro atoms. The van der Waals surface area contributed by atoms with Crippen molar-refractivity contribution >= 4 is 0 Å². The molecule has 25 heavy (non-hydrogen) atoms. The Morgan fingerprint density at radius 2 is 1.64 bits per heavy atom. The molecule has 130 valence electrons. The van der Waals surface area contributed by atoms with E-state index in [1.807, 2.05) is 48.5 Å². The number of ether oxygens (including phenoxy) is 4. The first-order valence-corrected chi connectivity index (χ1v) is 9.01. The smallest absolute Gasteiger partial charge is 0.184 e. The van der Waals surface area contributed by atoms with E-state index in [1.165, 1.54) is 5.56 Å². The lowest BCUT2D eigenvalue weighted by Crippen LogP contribution is -2.50. The quantitative estimate of drug-likeness (QED) is 0.801. The van der Waals surface area contributed by atoms with Crippen LogP contribution in [0.15, 0.2) is 60.7 Å². The van der Waals surface area contributed by atoms with Gasteiger partial charge in [0.2, 0.25) is 0 Å². The van der Waals surface area contributed by atoms with Crippen LogP contribution in [-0.2, 0) is 25.6 Å². The van der Waals surface area contributed by atoms with Crippen LogP contribution in [-0.4, -0.2) is 31.0 Å². The molecular formula is C21H22O4. The van der Waals surface area contributed by atoms with Crippen LogP contribution in [0.2, 0.25) is 0 Å². The van der Waals surface area contributed by atoms with Gasteiger partial charge in [-0.25, -0.2) is 0 Å². The molecule has 0 N–H and O–H groups in total. The van der Waals surface area contributed by atoms with Crippen LogP contribution in [0.3, 0.4) is 0 Å². The standard InChI is InChI=1S/C21H22O4/c1-3-7-14(8-4-1)12-22-20-18-16(11-17-19(20)24-17)13-23-21(25-18)15-9-5-2-6-10-15/h1-10,16-21H,11-13H2/t16-,17-,18-,19-,20+,21-/m1/s1. The second kappa shape index (κ2) is 6.54. The summed E-state index contributed by atoms with van der Waals surface area (Å²) < 4.78 is 24.4. The molecule has 2 aromatic carbocycles. The molecule has 3 aliphatic rings. The van der Waals surface area contributed by atoms with Gasteiger partial charge in [-0.2, -0.15) is 0 Å². The van der Waals surface area contributed by atoms with Crippen molar-refractivity contribution in [3.8, 4) is 0 Å². The van der Waals surface area contributed by atoms with Crippen molar-refractivity contribution in [2.24, 2.45) is 5.92 Å². The van der Waals surface area contributed by atoms with E-state index in [2.05, 4.69) is 12.1 Å². The Balaban J connectivity index is 1.31. The van der Waals surface area contributed by atoms with E-state index < -0.39 is 0 Å². The van der Waals surface area contributed by atoms with E-state index in [0.29, 0.717) is 25.2 Å². The van der Waals surface area contributed by atoms with Crippen molar-refractivity contribution in [2.45, 2.75) is 43.7 Å². The fourth-order valence-electron chi connectivity index (χ4n) is 4.01. The van der Waals surface area contributed by atoms with Crippen LogP contribution in [0.5, 0.6) is 0 Å². The summed E-state index contributed by atoms with van der Waals surface area (Å²) in [6.45, 7) is 1.28. The van der Waals surface area contributed by atoms with Gasteiger partial charge in [-0.3, -0.25) is 0 Å². The molecule has 0 unspecified atom stereocenters. The largest absolute Gasteiger partial charge is 0.368 e. The summed E-state index contributed by atoms with van der Waals surface area (Å²) in [6, 6.07) is 20.4. The topological polar surface area (TPSA) is 40.2 Å². The average molecular weight is 338 g/mol. The van der Waals surface area contributed by atoms with E-state index in [4.69, 9.17) is 18.9 Å². The first-order valence-electron chi connectivity index (χ1n) is 9.01. The van der Waals surface area contributed by atoms with Crippen LogP contribution < -0.4 is 0 Å². The highest BCUT2D eigenvalue weighted by molar-refractivity contribution is 5.17. The monoisotopic (exact) mass is 338 g/mol. The number of hydrogen-bond acceptors (Lipinski definition) is 4. The molecule has 5 rings (SSSR count). The Morgan fingerprint density at radius 1 is 0.880 bits per heavy atom. The second-order valence-electron chi connectivity index (χ2n) is 7.07. The van der Waals surface area contributed by atoms with Gasteiger partial charge >= 0.3 is 0 Å². The van der Waals surface area contributed by atoms with Gasteiger partial charge in [-0.05, 0) is 12.0 Å². The van der Waals surface area contributed by atoms with Gasteiger partial charge in [0.15, 0.2) is 6.29 Å². The molecule has 4 heteroatoms. The van der Waals surface area contributed by atoms with E-state index in [0.717, 1.165) is 12.0 Å². The van der Waals surface area contributed by atoms with Crippen molar-refractivity contribution in [2.75, 3.05) is 6.61 Å². The van der Waals surface area contributed by atoms with Crippen LogP contribution in [0.25, 0.3) is 0 Å². The van der Waals surface area contributed by atoms with Crippen LogP contribution in [0.4, 0.5) is 0 Å². The summed E-state index contributed by atoms with van der Waals surface area (Å²) in [7, 11) is 0. The van der Waals surface area contributed by atoms with Gasteiger partial charge in [0.1, 0.15) is 12.2 Å². The lowest BCUT2D eigenvalue weighted by atomic mass is 9.84. The predicted octanol–water partition coefficient (Wildman–Crippen LogP) is 3.47. The highest BCUT2D eigenvalue weighted by atomic mass is 16.7. The van der Waals surface area contributed by atoms with E-state index in [9.17, 15) is 0 Å². The third-order valence-corrected chi connectivity index (χ3v) is 5.37. The van der Waals surface area contributed by atoms with Crippen molar-refractivity contribution in [1.29, 1.82) is 0 Å². The number of fused-ring (bicyclic) bond motifs is 2. The van der Waals surface area contributed by atoms with E-state index in [1.54, 1.807) is 0 Å². The van der Waals surface area contributed by atoms with Crippen molar-refractivity contribution in [3.05, 3.63) is 71.8 Å². The number of hydrogen-bond donors (Lipinski definition) is 0. The fraction of sp³-hybridized carbons (Fsp3) is 0.429.